The third-order valence-corrected chi connectivity index (χ3v) is 2.45. The molecule has 0 aromatic carbocycles. The number of rotatable bonds is 2. The molecule has 0 saturated carbocycles. The zero-order valence-corrected chi connectivity index (χ0v) is 8.83. The average molecular weight is 189 g/mol. The van der Waals surface area contributed by atoms with Crippen LogP contribution < -0.4 is 0 Å². The van der Waals surface area contributed by atoms with Crippen molar-refractivity contribution in [1.82, 2.24) is 15.0 Å². The van der Waals surface area contributed by atoms with Gasteiger partial charge in [0.2, 0.25) is 0 Å². The van der Waals surface area contributed by atoms with E-state index >= 15 is 0 Å². The molecule has 2 aromatic rings. The Balaban J connectivity index is 2.61. The van der Waals surface area contributed by atoms with Gasteiger partial charge in [0.25, 0.3) is 0 Å². The molecule has 0 aliphatic heterocycles. The molecule has 0 radical (unpaired) electrons. The third-order valence-electron chi connectivity index (χ3n) is 2.45. The Morgan fingerprint density at radius 2 is 2.21 bits per heavy atom. The summed E-state index contributed by atoms with van der Waals surface area (Å²) >= 11 is 0. The van der Waals surface area contributed by atoms with Crippen molar-refractivity contribution >= 4 is 11.2 Å². The van der Waals surface area contributed by atoms with E-state index in [0.29, 0.717) is 5.92 Å². The highest BCUT2D eigenvalue weighted by Crippen LogP contribution is 2.18. The van der Waals surface area contributed by atoms with Crippen LogP contribution in [-0.4, -0.2) is 15.0 Å². The second-order valence-corrected chi connectivity index (χ2v) is 3.81. The molecule has 0 aliphatic carbocycles. The Hall–Kier alpha value is -1.38. The largest absolute Gasteiger partial charge is 0.345 e. The lowest BCUT2D eigenvalue weighted by Crippen LogP contribution is -1.94. The number of hydrogen-bond acceptors (Lipinski definition) is 2. The van der Waals surface area contributed by atoms with Crippen molar-refractivity contribution in [2.24, 2.45) is 0 Å². The summed E-state index contributed by atoms with van der Waals surface area (Å²) < 4.78 is 0. The van der Waals surface area contributed by atoms with Crippen LogP contribution in [0.1, 0.15) is 37.9 Å². The van der Waals surface area contributed by atoms with Gasteiger partial charge in [-0.15, -0.1) is 0 Å². The molecule has 1 N–H and O–H groups in total. The summed E-state index contributed by atoms with van der Waals surface area (Å²) in [5.74, 6) is 0.437. The van der Waals surface area contributed by atoms with Crippen molar-refractivity contribution in [2.75, 3.05) is 0 Å². The normalized spacial score (nSPS) is 11.4. The highest BCUT2D eigenvalue weighted by molar-refractivity contribution is 5.74. The minimum atomic E-state index is 0.437. The Morgan fingerprint density at radius 3 is 2.86 bits per heavy atom. The van der Waals surface area contributed by atoms with E-state index < -0.39 is 0 Å². The van der Waals surface area contributed by atoms with Crippen LogP contribution in [0.3, 0.4) is 0 Å². The lowest BCUT2D eigenvalue weighted by Gasteiger charge is -2.03. The summed E-state index contributed by atoms with van der Waals surface area (Å²) in [6.07, 6.45) is 4.84. The number of aromatic amines is 1. The molecule has 3 heteroatoms. The van der Waals surface area contributed by atoms with Gasteiger partial charge in [0.1, 0.15) is 5.52 Å². The molecule has 0 atom stereocenters. The molecule has 74 valence electrons. The maximum absolute atomic E-state index is 4.61. The molecule has 0 bridgehead atoms. The standard InChI is InChI=1S/C11H15N3/c1-4-8-5-12-11-10(8)14-9(6-13-11)7(2)3/h5-7H,4H2,1-3H3,(H,12,13). The van der Waals surface area contributed by atoms with Crippen LogP contribution in [0.25, 0.3) is 11.2 Å². The summed E-state index contributed by atoms with van der Waals surface area (Å²) in [6, 6.07) is 0. The molecule has 14 heavy (non-hydrogen) atoms. The van der Waals surface area contributed by atoms with E-state index in [1.54, 1.807) is 0 Å². The average Bonchev–Trinajstić information content (AvgIpc) is 2.59. The highest BCUT2D eigenvalue weighted by Gasteiger charge is 2.07. The van der Waals surface area contributed by atoms with Crippen molar-refractivity contribution in [1.29, 1.82) is 0 Å². The molecule has 0 spiro atoms. The van der Waals surface area contributed by atoms with Crippen molar-refractivity contribution in [3.63, 3.8) is 0 Å². The molecular weight excluding hydrogens is 174 g/mol. The van der Waals surface area contributed by atoms with Gasteiger partial charge in [-0.05, 0) is 17.9 Å². The van der Waals surface area contributed by atoms with Gasteiger partial charge in [0.15, 0.2) is 5.65 Å². The van der Waals surface area contributed by atoms with Gasteiger partial charge < -0.3 is 4.98 Å². The second-order valence-electron chi connectivity index (χ2n) is 3.81. The summed E-state index contributed by atoms with van der Waals surface area (Å²) in [5, 5.41) is 0. The maximum atomic E-state index is 4.61. The predicted octanol–water partition coefficient (Wildman–Crippen LogP) is 2.64. The smallest absolute Gasteiger partial charge is 0.156 e. The molecular formula is C11H15N3. The Labute approximate surface area is 83.6 Å². The van der Waals surface area contributed by atoms with Crippen LogP contribution in [0.15, 0.2) is 12.4 Å². The van der Waals surface area contributed by atoms with E-state index in [4.69, 9.17) is 0 Å². The van der Waals surface area contributed by atoms with Crippen LogP contribution in [0.2, 0.25) is 0 Å². The first kappa shape index (κ1) is 9.19. The number of nitrogens with zero attached hydrogens (tertiary/aromatic N) is 2. The van der Waals surface area contributed by atoms with Crippen molar-refractivity contribution in [3.05, 3.63) is 23.7 Å². The number of aryl methyl sites for hydroxylation is 1. The summed E-state index contributed by atoms with van der Waals surface area (Å²) in [6.45, 7) is 6.40. The minimum Gasteiger partial charge on any atom is -0.345 e. The van der Waals surface area contributed by atoms with Gasteiger partial charge in [-0.2, -0.15) is 0 Å². The van der Waals surface area contributed by atoms with Gasteiger partial charge in [-0.25, -0.2) is 9.97 Å². The maximum Gasteiger partial charge on any atom is 0.156 e. The van der Waals surface area contributed by atoms with Crippen molar-refractivity contribution in [3.8, 4) is 0 Å². The topological polar surface area (TPSA) is 41.6 Å². The van der Waals surface area contributed by atoms with E-state index in [9.17, 15) is 0 Å². The van der Waals surface area contributed by atoms with Gasteiger partial charge in [0.05, 0.1) is 11.9 Å². The molecule has 2 heterocycles. The Morgan fingerprint density at radius 1 is 1.43 bits per heavy atom. The number of H-pyrrole nitrogens is 1. The van der Waals surface area contributed by atoms with Crippen LogP contribution in [0.4, 0.5) is 0 Å². The van der Waals surface area contributed by atoms with E-state index in [-0.39, 0.29) is 0 Å². The Kier molecular flexibility index (Phi) is 2.23. The predicted molar refractivity (Wildman–Crippen MR) is 57.4 cm³/mol. The lowest BCUT2D eigenvalue weighted by molar-refractivity contribution is 0.821. The highest BCUT2D eigenvalue weighted by atomic mass is 14.9. The fourth-order valence-electron chi connectivity index (χ4n) is 1.50. The molecule has 0 amide bonds. The number of fused-ring (bicyclic) bond motifs is 1. The second kappa shape index (κ2) is 3.40. The van der Waals surface area contributed by atoms with Crippen molar-refractivity contribution in [2.45, 2.75) is 33.1 Å². The van der Waals surface area contributed by atoms with Crippen LogP contribution in [0.5, 0.6) is 0 Å². The summed E-state index contributed by atoms with van der Waals surface area (Å²) in [4.78, 5) is 12.1. The number of nitrogens with one attached hydrogen (secondary N) is 1. The van der Waals surface area contributed by atoms with Crippen LogP contribution in [0, 0.1) is 0 Å². The molecule has 0 saturated heterocycles. The molecule has 0 aliphatic rings. The zero-order chi connectivity index (χ0) is 10.1. The number of aromatic nitrogens is 3. The van der Waals surface area contributed by atoms with Gasteiger partial charge in [-0.1, -0.05) is 20.8 Å². The monoisotopic (exact) mass is 189 g/mol. The van der Waals surface area contributed by atoms with Gasteiger partial charge >= 0.3 is 0 Å². The Bertz CT molecular complexity index is 443. The van der Waals surface area contributed by atoms with Gasteiger partial charge in [-0.3, -0.25) is 0 Å². The fraction of sp³-hybridized carbons (Fsp3) is 0.455. The molecule has 2 aromatic heterocycles. The minimum absolute atomic E-state index is 0.437. The third kappa shape index (κ3) is 1.39. The van der Waals surface area contributed by atoms with E-state index in [0.717, 1.165) is 23.3 Å². The first-order chi connectivity index (χ1) is 6.72. The fourth-order valence-corrected chi connectivity index (χ4v) is 1.50. The SMILES string of the molecule is CCc1c[nH]c2ncc(C(C)C)nc12. The van der Waals surface area contributed by atoms with Crippen LogP contribution >= 0.6 is 0 Å². The lowest BCUT2D eigenvalue weighted by atomic mass is 10.1. The van der Waals surface area contributed by atoms with E-state index in [1.807, 2.05) is 12.4 Å². The molecule has 3 nitrogen and oxygen atoms in total. The van der Waals surface area contributed by atoms with E-state index in [2.05, 4.69) is 35.7 Å². The first-order valence-corrected chi connectivity index (χ1v) is 5.05. The molecule has 2 rings (SSSR count). The summed E-state index contributed by atoms with van der Waals surface area (Å²) in [7, 11) is 0. The van der Waals surface area contributed by atoms with Crippen molar-refractivity contribution < 1.29 is 0 Å². The van der Waals surface area contributed by atoms with Crippen LogP contribution in [-0.2, 0) is 6.42 Å². The quantitative estimate of drug-likeness (QED) is 0.789. The molecule has 0 fully saturated rings. The summed E-state index contributed by atoms with van der Waals surface area (Å²) in [5.41, 5.74) is 4.23. The molecule has 0 unspecified atom stereocenters. The first-order valence-electron chi connectivity index (χ1n) is 5.05. The zero-order valence-electron chi connectivity index (χ0n) is 8.83. The number of hydrogen-bond donors (Lipinski definition) is 1. The van der Waals surface area contributed by atoms with Gasteiger partial charge in [0, 0.05) is 6.20 Å². The van der Waals surface area contributed by atoms with E-state index in [1.165, 1.54) is 5.56 Å².